The maximum Gasteiger partial charge on any atom is 3.00 e. The van der Waals surface area contributed by atoms with Crippen LogP contribution in [-0.4, -0.2) is 34.4 Å². The second-order valence-corrected chi connectivity index (χ2v) is 3.36. The van der Waals surface area contributed by atoms with E-state index in [2.05, 4.69) is 15.0 Å². The Bertz CT molecular complexity index is 438. The molecule has 0 fully saturated rings. The van der Waals surface area contributed by atoms with E-state index in [4.69, 9.17) is 29.7 Å². The molecule has 9 nitrogen and oxygen atoms in total. The van der Waals surface area contributed by atoms with E-state index in [-0.39, 0.29) is 17.4 Å². The Hall–Kier alpha value is -3.61. The monoisotopic (exact) mass is 424 g/mol. The fourth-order valence-corrected chi connectivity index (χ4v) is 0.938. The zero-order chi connectivity index (χ0) is 20.8. The Morgan fingerprint density at radius 1 is 0.429 bits per heavy atom. The van der Waals surface area contributed by atoms with Crippen LogP contribution in [0.1, 0.15) is 0 Å². The Labute approximate surface area is 173 Å². The molecule has 147 valence electrons. The molecule has 0 aliphatic heterocycles. The van der Waals surface area contributed by atoms with Crippen LogP contribution >= 0.6 is 0 Å². The summed E-state index contributed by atoms with van der Waals surface area (Å²) in [5, 5.41) is 24.8. The molecule has 0 aliphatic rings. The summed E-state index contributed by atoms with van der Waals surface area (Å²) >= 11 is 0. The van der Waals surface area contributed by atoms with Gasteiger partial charge >= 0.3 is 17.4 Å². The summed E-state index contributed by atoms with van der Waals surface area (Å²) in [5.74, 6) is 0. The molecule has 0 aromatic carbocycles. The predicted molar refractivity (Wildman–Crippen MR) is 90.9 cm³/mol. The van der Waals surface area contributed by atoms with Crippen molar-refractivity contribution in [2.45, 2.75) is 0 Å². The van der Waals surface area contributed by atoms with Gasteiger partial charge in [-0.3, -0.25) is 15.0 Å². The first-order valence-corrected chi connectivity index (χ1v) is 6.96. The summed E-state index contributed by atoms with van der Waals surface area (Å²) in [6, 6.07) is 17.1. The van der Waals surface area contributed by atoms with Crippen molar-refractivity contribution in [3.63, 3.8) is 0 Å². The molecule has 3 heterocycles. The number of hydrogen-bond acceptors (Lipinski definition) is 9. The number of nitrogens with zero attached hydrogens (tertiary/aromatic N) is 3. The first-order chi connectivity index (χ1) is 13.2. The smallest absolute Gasteiger partial charge is 0.554 e. The van der Waals surface area contributed by atoms with E-state index in [0.717, 1.165) is 0 Å². The number of hydrogen-bond donors (Lipinski definition) is 0. The van der Waals surface area contributed by atoms with E-state index in [9.17, 15) is 0 Å². The third-order valence-corrected chi connectivity index (χ3v) is 1.70. The summed E-state index contributed by atoms with van der Waals surface area (Å²) in [6.45, 7) is -1.50. The fourth-order valence-electron chi connectivity index (χ4n) is 0.938. The van der Waals surface area contributed by atoms with Crippen LogP contribution in [0, 0.1) is 0 Å². The fraction of sp³-hybridized carbons (Fsp3) is 0. The van der Waals surface area contributed by atoms with Gasteiger partial charge in [-0.15, -0.1) is 0 Å². The van der Waals surface area contributed by atoms with Gasteiger partial charge < -0.3 is 29.7 Å². The Kier molecular flexibility index (Phi) is 44.4. The van der Waals surface area contributed by atoms with Gasteiger partial charge in [0, 0.05) is 56.6 Å². The molecular weight excluding hydrogens is 406 g/mol. The minimum atomic E-state index is -0.500. The normalized spacial score (nSPS) is 6.43. The van der Waals surface area contributed by atoms with Crippen LogP contribution < -0.4 is 15.3 Å². The van der Waals surface area contributed by atoms with Crippen LogP contribution in [-0.2, 0) is 31.7 Å². The largest absolute Gasteiger partial charge is 3.00 e. The van der Waals surface area contributed by atoms with Gasteiger partial charge in [-0.1, -0.05) is 18.2 Å². The van der Waals surface area contributed by atoms with Crippen LogP contribution in [0.4, 0.5) is 0 Å². The number of carbonyl (C=O) groups is 3. The van der Waals surface area contributed by atoms with Gasteiger partial charge in [0.05, 0.1) is 0 Å². The minimum Gasteiger partial charge on any atom is -0.554 e. The van der Waals surface area contributed by atoms with Gasteiger partial charge in [0.2, 0.25) is 0 Å². The van der Waals surface area contributed by atoms with Gasteiger partial charge in [0.25, 0.3) is 0 Å². The van der Waals surface area contributed by atoms with E-state index in [1.165, 1.54) is 0 Å². The molecule has 3 aromatic rings. The quantitative estimate of drug-likeness (QED) is 0.385. The summed E-state index contributed by atoms with van der Waals surface area (Å²) in [6.07, 6.45) is 10.5. The van der Waals surface area contributed by atoms with E-state index < -0.39 is 19.4 Å². The summed E-state index contributed by atoms with van der Waals surface area (Å²) in [5.41, 5.74) is 0. The third-order valence-electron chi connectivity index (χ3n) is 1.70. The Morgan fingerprint density at radius 3 is 0.607 bits per heavy atom. The predicted octanol–water partition coefficient (Wildman–Crippen LogP) is -1.66. The van der Waals surface area contributed by atoms with Crippen molar-refractivity contribution < 1.29 is 47.1 Å². The van der Waals surface area contributed by atoms with Crippen LogP contribution in [0.2, 0.25) is 0 Å². The molecule has 0 amide bonds. The summed E-state index contributed by atoms with van der Waals surface area (Å²) in [7, 11) is 0. The third kappa shape index (κ3) is 49.5. The average Bonchev–Trinajstić information content (AvgIpc) is 2.75. The topological polar surface area (TPSA) is 159 Å². The van der Waals surface area contributed by atoms with E-state index in [1.54, 1.807) is 37.2 Å². The van der Waals surface area contributed by atoms with Gasteiger partial charge in [-0.2, -0.15) is 0 Å². The molecule has 28 heavy (non-hydrogen) atoms. The second kappa shape index (κ2) is 38.8. The molecule has 0 aliphatic carbocycles. The number of carbonyl (C=O) groups excluding carboxylic acids is 3. The van der Waals surface area contributed by atoms with Gasteiger partial charge in [-0.25, -0.2) is 0 Å². The van der Waals surface area contributed by atoms with Crippen molar-refractivity contribution >= 4 is 19.4 Å². The average molecular weight is 424 g/mol. The van der Waals surface area contributed by atoms with Gasteiger partial charge in [-0.05, 0) is 36.4 Å². The van der Waals surface area contributed by atoms with E-state index >= 15 is 0 Å². The van der Waals surface area contributed by atoms with Crippen molar-refractivity contribution in [2.24, 2.45) is 0 Å². The molecular formula is C18H18CrN3O6. The van der Waals surface area contributed by atoms with Gasteiger partial charge in [0.15, 0.2) is 0 Å². The summed E-state index contributed by atoms with van der Waals surface area (Å²) < 4.78 is 0. The zero-order valence-corrected chi connectivity index (χ0v) is 15.9. The molecule has 1 radical (unpaired) electrons. The number of carboxylic acid groups (broad SMARTS) is 3. The molecule has 10 heteroatoms. The maximum atomic E-state index is 8.25. The van der Waals surface area contributed by atoms with E-state index in [0.29, 0.717) is 0 Å². The molecule has 0 unspecified atom stereocenters. The van der Waals surface area contributed by atoms with Crippen LogP contribution in [0.5, 0.6) is 0 Å². The van der Waals surface area contributed by atoms with Crippen molar-refractivity contribution in [2.75, 3.05) is 0 Å². The zero-order valence-electron chi connectivity index (χ0n) is 14.6. The van der Waals surface area contributed by atoms with Crippen LogP contribution in [0.25, 0.3) is 0 Å². The molecule has 0 bridgehead atoms. The molecule has 0 N–H and O–H groups in total. The first kappa shape index (κ1) is 32.1. The second-order valence-electron chi connectivity index (χ2n) is 3.36. The summed E-state index contributed by atoms with van der Waals surface area (Å²) in [4.78, 5) is 36.1. The molecule has 3 aromatic heterocycles. The van der Waals surface area contributed by atoms with Crippen molar-refractivity contribution in [1.82, 2.24) is 15.0 Å². The van der Waals surface area contributed by atoms with Crippen molar-refractivity contribution in [3.05, 3.63) is 91.8 Å². The molecule has 0 saturated carbocycles. The van der Waals surface area contributed by atoms with Crippen LogP contribution in [0.15, 0.2) is 91.8 Å². The molecule has 3 rings (SSSR count). The van der Waals surface area contributed by atoms with Crippen molar-refractivity contribution in [1.29, 1.82) is 0 Å². The molecule has 0 spiro atoms. The number of rotatable bonds is 0. The molecule has 0 atom stereocenters. The van der Waals surface area contributed by atoms with Crippen LogP contribution in [0.3, 0.4) is 0 Å². The SMILES string of the molecule is O=C[O-].O=C[O-].O=C[O-].[Cr+3].c1ccncc1.c1ccncc1.c1ccncc1. The first-order valence-electron chi connectivity index (χ1n) is 6.96. The number of pyridine rings is 3. The minimum absolute atomic E-state index is 0. The standard InChI is InChI=1S/3C5H5N.3CH2O2.Cr/c3*1-2-4-6-5-3-1;3*2-1-3;/h3*1-5H;3*1H,(H,2,3);/q;;;;;;+3/p-3. The van der Waals surface area contributed by atoms with Crippen molar-refractivity contribution in [3.8, 4) is 0 Å². The maximum absolute atomic E-state index is 8.25. The van der Waals surface area contributed by atoms with E-state index in [1.807, 2.05) is 54.6 Å². The molecule has 0 saturated heterocycles. The number of aromatic nitrogens is 3. The Balaban J connectivity index is -0.000000127. The Morgan fingerprint density at radius 2 is 0.571 bits per heavy atom. The van der Waals surface area contributed by atoms with Gasteiger partial charge in [0.1, 0.15) is 0 Å².